The van der Waals surface area contributed by atoms with Gasteiger partial charge in [-0.15, -0.1) is 0 Å². The molecule has 0 bridgehead atoms. The maximum absolute atomic E-state index is 15.0. The number of carbonyl (C=O) groups is 2. The number of benzene rings is 2. The van der Waals surface area contributed by atoms with Gasteiger partial charge in [0.2, 0.25) is 6.41 Å². The average molecular weight is 539 g/mol. The van der Waals surface area contributed by atoms with Gasteiger partial charge in [0.1, 0.15) is 24.0 Å². The van der Waals surface area contributed by atoms with E-state index in [1.54, 1.807) is 0 Å². The Morgan fingerprint density at radius 2 is 1.97 bits per heavy atom. The number of hydrogen-bond acceptors (Lipinski definition) is 6. The Morgan fingerprint density at radius 3 is 2.61 bits per heavy atom. The molecule has 1 fully saturated rings. The molecule has 3 rings (SSSR count). The highest BCUT2D eigenvalue weighted by molar-refractivity contribution is 6.34. The fourth-order valence-corrected chi connectivity index (χ4v) is 3.30. The number of anilines is 2. The van der Waals surface area contributed by atoms with Crippen LogP contribution in [0, 0.1) is 17.5 Å². The van der Waals surface area contributed by atoms with Crippen molar-refractivity contribution in [1.29, 1.82) is 0 Å². The van der Waals surface area contributed by atoms with E-state index in [0.717, 1.165) is 11.1 Å². The molecule has 2 amide bonds. The van der Waals surface area contributed by atoms with Crippen molar-refractivity contribution in [1.82, 2.24) is 4.90 Å². The first kappa shape index (κ1) is 27.1. The van der Waals surface area contributed by atoms with E-state index in [0.29, 0.717) is 24.6 Å². The Balaban J connectivity index is 1.99. The molecule has 0 atom stereocenters. The molecule has 0 unspecified atom stereocenters. The fraction of sp³-hybridized carbons (Fsp3) is 0.286. The maximum atomic E-state index is 15.0. The number of morpholine rings is 1. The number of rotatable bonds is 7. The van der Waals surface area contributed by atoms with E-state index in [1.807, 2.05) is 5.32 Å². The van der Waals surface area contributed by atoms with Crippen molar-refractivity contribution in [3.8, 4) is 5.75 Å². The predicted molar refractivity (Wildman–Crippen MR) is 117 cm³/mol. The lowest BCUT2D eigenvalue weighted by Gasteiger charge is -2.26. The topological polar surface area (TPSA) is 83.5 Å². The van der Waals surface area contributed by atoms with Gasteiger partial charge < -0.3 is 14.8 Å². The Hall–Kier alpha value is -3.52. The summed E-state index contributed by atoms with van der Waals surface area (Å²) in [5.74, 6) is -5.34. The van der Waals surface area contributed by atoms with Crippen molar-refractivity contribution < 1.29 is 45.4 Å². The zero-order valence-corrected chi connectivity index (χ0v) is 19.1. The van der Waals surface area contributed by atoms with Gasteiger partial charge in [0.15, 0.2) is 18.3 Å². The van der Waals surface area contributed by atoms with E-state index >= 15 is 0 Å². The van der Waals surface area contributed by atoms with Crippen LogP contribution in [0.15, 0.2) is 29.4 Å². The molecular formula is C21H17ClF6N4O4. The Labute approximate surface area is 205 Å². The number of amides is 2. The number of ether oxygens (including phenoxy) is 2. The van der Waals surface area contributed by atoms with Crippen LogP contribution in [0.25, 0.3) is 0 Å². The van der Waals surface area contributed by atoms with Crippen LogP contribution in [0.1, 0.15) is 10.4 Å². The van der Waals surface area contributed by atoms with E-state index in [-0.39, 0.29) is 25.6 Å². The minimum absolute atomic E-state index is 0.0907. The fourth-order valence-electron chi connectivity index (χ4n) is 3.05. The normalized spacial score (nSPS) is 15.1. The van der Waals surface area contributed by atoms with E-state index in [1.165, 1.54) is 11.9 Å². The van der Waals surface area contributed by atoms with Gasteiger partial charge in [-0.05, 0) is 12.1 Å². The average Bonchev–Trinajstić information content (AvgIpc) is 2.79. The SMILES string of the molecule is CN(/N=C1/COCCN1C=O)c1cc(OCC(F)(F)F)c(C(=O)Nc2c(F)cc(F)cc2Cl)cc1F. The molecule has 0 saturated carbocycles. The van der Waals surface area contributed by atoms with Gasteiger partial charge in [-0.25, -0.2) is 13.2 Å². The molecule has 194 valence electrons. The number of carbonyl (C=O) groups excluding carboxylic acids is 2. The molecule has 0 aromatic heterocycles. The Kier molecular flexibility index (Phi) is 8.30. The third-order valence-corrected chi connectivity index (χ3v) is 5.01. The second-order valence-corrected chi connectivity index (χ2v) is 7.70. The third kappa shape index (κ3) is 6.57. The molecule has 2 aromatic rings. The van der Waals surface area contributed by atoms with Crippen LogP contribution >= 0.6 is 11.6 Å². The van der Waals surface area contributed by atoms with Crippen LogP contribution in [0.4, 0.5) is 37.7 Å². The summed E-state index contributed by atoms with van der Waals surface area (Å²) in [5.41, 5.74) is -1.83. The third-order valence-electron chi connectivity index (χ3n) is 4.71. The highest BCUT2D eigenvalue weighted by Crippen LogP contribution is 2.33. The van der Waals surface area contributed by atoms with Crippen molar-refractivity contribution in [2.75, 3.05) is 43.7 Å². The lowest BCUT2D eigenvalue weighted by molar-refractivity contribution is -0.153. The summed E-state index contributed by atoms with van der Waals surface area (Å²) in [6, 6.07) is 2.43. The second kappa shape index (κ2) is 11.0. The molecule has 0 radical (unpaired) electrons. The van der Waals surface area contributed by atoms with Gasteiger partial charge in [-0.3, -0.25) is 19.5 Å². The zero-order valence-electron chi connectivity index (χ0n) is 18.3. The summed E-state index contributed by atoms with van der Waals surface area (Å²) in [5, 5.41) is 6.38. The summed E-state index contributed by atoms with van der Waals surface area (Å²) in [4.78, 5) is 25.1. The lowest BCUT2D eigenvalue weighted by atomic mass is 10.1. The minimum Gasteiger partial charge on any atom is -0.483 e. The molecule has 1 aliphatic heterocycles. The number of amidine groups is 1. The molecule has 1 aliphatic rings. The van der Waals surface area contributed by atoms with Gasteiger partial charge in [0, 0.05) is 19.2 Å². The van der Waals surface area contributed by atoms with Crippen molar-refractivity contribution >= 4 is 41.1 Å². The van der Waals surface area contributed by atoms with Crippen LogP contribution < -0.4 is 15.1 Å². The molecule has 1 heterocycles. The molecule has 8 nitrogen and oxygen atoms in total. The smallest absolute Gasteiger partial charge is 0.422 e. The van der Waals surface area contributed by atoms with Crippen molar-refractivity contribution in [3.05, 3.63) is 52.3 Å². The molecule has 1 saturated heterocycles. The standard InChI is InChI=1S/C21H17ClF6N4O4/c1-31(30-18-8-35-3-2-32(18)10-33)16-7-17(36-9-21(26,27)28)12(6-14(16)24)20(34)29-19-13(22)4-11(23)5-15(19)25/h4-7,10H,2-3,8-9H2,1H3,(H,29,34)/b30-18-. The quantitative estimate of drug-likeness (QED) is 0.325. The number of hydrazone groups is 1. The van der Waals surface area contributed by atoms with Gasteiger partial charge in [0.25, 0.3) is 5.91 Å². The summed E-state index contributed by atoms with van der Waals surface area (Å²) < 4.78 is 90.6. The Morgan fingerprint density at radius 1 is 1.25 bits per heavy atom. The molecule has 1 N–H and O–H groups in total. The number of nitrogens with one attached hydrogen (secondary N) is 1. The monoisotopic (exact) mass is 538 g/mol. The summed E-state index contributed by atoms with van der Waals surface area (Å²) in [6.07, 6.45) is -4.33. The highest BCUT2D eigenvalue weighted by Gasteiger charge is 2.30. The summed E-state index contributed by atoms with van der Waals surface area (Å²) in [6.45, 7) is -1.50. The maximum Gasteiger partial charge on any atom is 0.422 e. The van der Waals surface area contributed by atoms with E-state index in [9.17, 15) is 35.9 Å². The van der Waals surface area contributed by atoms with E-state index in [4.69, 9.17) is 21.1 Å². The number of alkyl halides is 3. The first-order valence-electron chi connectivity index (χ1n) is 9.99. The highest BCUT2D eigenvalue weighted by atomic mass is 35.5. The largest absolute Gasteiger partial charge is 0.483 e. The summed E-state index contributed by atoms with van der Waals surface area (Å²) >= 11 is 5.73. The molecule has 15 heteroatoms. The lowest BCUT2D eigenvalue weighted by Crippen LogP contribution is -2.42. The van der Waals surface area contributed by atoms with Crippen LogP contribution in [0.5, 0.6) is 5.75 Å². The molecule has 0 spiro atoms. The first-order chi connectivity index (χ1) is 16.9. The van der Waals surface area contributed by atoms with Crippen LogP contribution in [-0.4, -0.2) is 62.6 Å². The number of nitrogens with zero attached hydrogens (tertiary/aromatic N) is 3. The van der Waals surface area contributed by atoms with Crippen molar-refractivity contribution in [2.45, 2.75) is 6.18 Å². The van der Waals surface area contributed by atoms with Crippen molar-refractivity contribution in [3.63, 3.8) is 0 Å². The Bertz CT molecular complexity index is 1170. The number of halogens is 7. The molecule has 0 aliphatic carbocycles. The molecular weight excluding hydrogens is 522 g/mol. The minimum atomic E-state index is -4.81. The van der Waals surface area contributed by atoms with Gasteiger partial charge >= 0.3 is 6.18 Å². The number of hydrogen-bond donors (Lipinski definition) is 1. The second-order valence-electron chi connectivity index (χ2n) is 7.29. The van der Waals surface area contributed by atoms with Gasteiger partial charge in [-0.1, -0.05) is 11.6 Å². The van der Waals surface area contributed by atoms with Gasteiger partial charge in [-0.2, -0.15) is 18.3 Å². The van der Waals surface area contributed by atoms with Gasteiger partial charge in [0.05, 0.1) is 35.1 Å². The van der Waals surface area contributed by atoms with Crippen LogP contribution in [-0.2, 0) is 9.53 Å². The van der Waals surface area contributed by atoms with Crippen LogP contribution in [0.2, 0.25) is 5.02 Å². The van der Waals surface area contributed by atoms with E-state index in [2.05, 4.69) is 5.10 Å². The van der Waals surface area contributed by atoms with Crippen LogP contribution in [0.3, 0.4) is 0 Å². The predicted octanol–water partition coefficient (Wildman–Crippen LogP) is 4.19. The molecule has 2 aromatic carbocycles. The zero-order chi connectivity index (χ0) is 26.6. The summed E-state index contributed by atoms with van der Waals surface area (Å²) in [7, 11) is 1.24. The first-order valence-corrected chi connectivity index (χ1v) is 10.4. The molecule has 36 heavy (non-hydrogen) atoms. The van der Waals surface area contributed by atoms with E-state index < -0.39 is 63.9 Å². The van der Waals surface area contributed by atoms with Crippen molar-refractivity contribution in [2.24, 2.45) is 5.10 Å².